The average molecular weight is 212 g/mol. The van der Waals surface area contributed by atoms with Crippen LogP contribution in [0.2, 0.25) is 0 Å². The SMILES string of the molecule is C/C=C\c1ccc(Br)nc1C. The van der Waals surface area contributed by atoms with Gasteiger partial charge >= 0.3 is 0 Å². The molecule has 11 heavy (non-hydrogen) atoms. The molecule has 0 aliphatic carbocycles. The number of aryl methyl sites for hydroxylation is 1. The van der Waals surface area contributed by atoms with Crippen molar-refractivity contribution in [1.82, 2.24) is 4.98 Å². The summed E-state index contributed by atoms with van der Waals surface area (Å²) in [6.07, 6.45) is 4.06. The van der Waals surface area contributed by atoms with Crippen LogP contribution in [0.25, 0.3) is 6.08 Å². The van der Waals surface area contributed by atoms with Gasteiger partial charge in [-0.2, -0.15) is 0 Å². The molecule has 0 aliphatic heterocycles. The minimum atomic E-state index is 0.892. The first-order chi connectivity index (χ1) is 5.24. The molecule has 1 rings (SSSR count). The molecule has 1 heterocycles. The lowest BCUT2D eigenvalue weighted by Crippen LogP contribution is -1.85. The van der Waals surface area contributed by atoms with Crippen LogP contribution in [0, 0.1) is 6.92 Å². The third kappa shape index (κ3) is 2.15. The van der Waals surface area contributed by atoms with Crippen molar-refractivity contribution >= 4 is 22.0 Å². The van der Waals surface area contributed by atoms with Gasteiger partial charge in [0.15, 0.2) is 0 Å². The van der Waals surface area contributed by atoms with Gasteiger partial charge < -0.3 is 0 Å². The van der Waals surface area contributed by atoms with Crippen molar-refractivity contribution in [3.63, 3.8) is 0 Å². The molecule has 0 spiro atoms. The van der Waals surface area contributed by atoms with Crippen molar-refractivity contribution in [2.45, 2.75) is 13.8 Å². The molecular weight excluding hydrogens is 202 g/mol. The lowest BCUT2D eigenvalue weighted by Gasteiger charge is -1.98. The van der Waals surface area contributed by atoms with E-state index in [1.54, 1.807) is 0 Å². The zero-order chi connectivity index (χ0) is 8.27. The Morgan fingerprint density at radius 1 is 1.45 bits per heavy atom. The van der Waals surface area contributed by atoms with E-state index in [1.165, 1.54) is 5.56 Å². The first-order valence-electron chi connectivity index (χ1n) is 3.50. The predicted molar refractivity (Wildman–Crippen MR) is 51.4 cm³/mol. The molecule has 2 heteroatoms. The molecule has 0 atom stereocenters. The maximum Gasteiger partial charge on any atom is 0.106 e. The monoisotopic (exact) mass is 211 g/mol. The fraction of sp³-hybridized carbons (Fsp3) is 0.222. The highest BCUT2D eigenvalue weighted by molar-refractivity contribution is 9.10. The average Bonchev–Trinajstić information content (AvgIpc) is 1.95. The van der Waals surface area contributed by atoms with Crippen LogP contribution in [0.5, 0.6) is 0 Å². The van der Waals surface area contributed by atoms with E-state index in [-0.39, 0.29) is 0 Å². The molecule has 58 valence electrons. The van der Waals surface area contributed by atoms with Gasteiger partial charge in [-0.1, -0.05) is 18.2 Å². The second-order valence-corrected chi connectivity index (χ2v) is 3.12. The summed E-state index contributed by atoms with van der Waals surface area (Å²) in [5.41, 5.74) is 2.23. The summed E-state index contributed by atoms with van der Waals surface area (Å²) in [6.45, 7) is 4.00. The molecule has 0 fully saturated rings. The molecule has 0 amide bonds. The van der Waals surface area contributed by atoms with Crippen molar-refractivity contribution in [3.05, 3.63) is 34.1 Å². The fourth-order valence-corrected chi connectivity index (χ4v) is 1.30. The molecule has 0 N–H and O–H groups in total. The molecule has 0 saturated heterocycles. The van der Waals surface area contributed by atoms with Gasteiger partial charge in [-0.05, 0) is 41.4 Å². The number of halogens is 1. The number of pyridine rings is 1. The maximum absolute atomic E-state index is 4.26. The Labute approximate surface area is 75.3 Å². The lowest BCUT2D eigenvalue weighted by atomic mass is 10.2. The van der Waals surface area contributed by atoms with E-state index >= 15 is 0 Å². The molecule has 0 bridgehead atoms. The summed E-state index contributed by atoms with van der Waals surface area (Å²) in [7, 11) is 0. The summed E-state index contributed by atoms with van der Waals surface area (Å²) >= 11 is 3.31. The Morgan fingerprint density at radius 3 is 2.73 bits per heavy atom. The van der Waals surface area contributed by atoms with Crippen LogP contribution < -0.4 is 0 Å². The smallest absolute Gasteiger partial charge is 0.106 e. The Kier molecular flexibility index (Phi) is 2.83. The van der Waals surface area contributed by atoms with Gasteiger partial charge in [-0.25, -0.2) is 4.98 Å². The minimum Gasteiger partial charge on any atom is -0.246 e. The third-order valence-electron chi connectivity index (χ3n) is 1.44. The molecule has 0 radical (unpaired) electrons. The van der Waals surface area contributed by atoms with E-state index in [1.807, 2.05) is 32.1 Å². The Balaban J connectivity index is 3.09. The van der Waals surface area contributed by atoms with Gasteiger partial charge in [0.1, 0.15) is 4.60 Å². The summed E-state index contributed by atoms with van der Waals surface area (Å²) in [5, 5.41) is 0. The van der Waals surface area contributed by atoms with Gasteiger partial charge in [0.2, 0.25) is 0 Å². The van der Waals surface area contributed by atoms with Crippen LogP contribution in [0.15, 0.2) is 22.8 Å². The largest absolute Gasteiger partial charge is 0.246 e. The standard InChI is InChI=1S/C9H10BrN/c1-3-4-8-5-6-9(10)11-7(8)2/h3-6H,1-2H3/b4-3-. The van der Waals surface area contributed by atoms with Crippen molar-refractivity contribution in [1.29, 1.82) is 0 Å². The van der Waals surface area contributed by atoms with Gasteiger partial charge in [-0.3, -0.25) is 0 Å². The second kappa shape index (κ2) is 3.67. The predicted octanol–water partition coefficient (Wildman–Crippen LogP) is 3.19. The normalized spacial score (nSPS) is 10.8. The molecule has 1 aromatic rings. The number of hydrogen-bond donors (Lipinski definition) is 0. The summed E-state index contributed by atoms with van der Waals surface area (Å²) in [4.78, 5) is 4.26. The Bertz CT molecular complexity index is 279. The van der Waals surface area contributed by atoms with E-state index < -0.39 is 0 Å². The first kappa shape index (κ1) is 8.47. The van der Waals surface area contributed by atoms with Gasteiger partial charge in [0, 0.05) is 5.69 Å². The van der Waals surface area contributed by atoms with Gasteiger partial charge in [-0.15, -0.1) is 0 Å². The molecule has 1 aromatic heterocycles. The number of aromatic nitrogens is 1. The molecule has 0 aliphatic rings. The van der Waals surface area contributed by atoms with E-state index in [0.29, 0.717) is 0 Å². The lowest BCUT2D eigenvalue weighted by molar-refractivity contribution is 1.16. The molecular formula is C9H10BrN. The van der Waals surface area contributed by atoms with Crippen molar-refractivity contribution in [2.24, 2.45) is 0 Å². The van der Waals surface area contributed by atoms with Crippen LogP contribution >= 0.6 is 15.9 Å². The van der Waals surface area contributed by atoms with E-state index in [9.17, 15) is 0 Å². The number of nitrogens with zero attached hydrogens (tertiary/aromatic N) is 1. The van der Waals surface area contributed by atoms with Crippen LogP contribution in [0.3, 0.4) is 0 Å². The van der Waals surface area contributed by atoms with E-state index in [0.717, 1.165) is 10.3 Å². The topological polar surface area (TPSA) is 12.9 Å². The molecule has 0 unspecified atom stereocenters. The minimum absolute atomic E-state index is 0.892. The van der Waals surface area contributed by atoms with Crippen LogP contribution in [-0.2, 0) is 0 Å². The van der Waals surface area contributed by atoms with Crippen LogP contribution in [0.4, 0.5) is 0 Å². The summed E-state index contributed by atoms with van der Waals surface area (Å²) < 4.78 is 0.892. The summed E-state index contributed by atoms with van der Waals surface area (Å²) in [5.74, 6) is 0. The quantitative estimate of drug-likeness (QED) is 0.651. The Hall–Kier alpha value is -0.630. The summed E-state index contributed by atoms with van der Waals surface area (Å²) in [6, 6.07) is 3.99. The number of allylic oxidation sites excluding steroid dienone is 1. The van der Waals surface area contributed by atoms with Gasteiger partial charge in [0.25, 0.3) is 0 Å². The second-order valence-electron chi connectivity index (χ2n) is 2.31. The van der Waals surface area contributed by atoms with Crippen LogP contribution in [0.1, 0.15) is 18.2 Å². The third-order valence-corrected chi connectivity index (χ3v) is 1.88. The van der Waals surface area contributed by atoms with Crippen molar-refractivity contribution in [3.8, 4) is 0 Å². The van der Waals surface area contributed by atoms with Crippen molar-refractivity contribution in [2.75, 3.05) is 0 Å². The van der Waals surface area contributed by atoms with Crippen molar-refractivity contribution < 1.29 is 0 Å². The number of rotatable bonds is 1. The molecule has 0 saturated carbocycles. The number of hydrogen-bond acceptors (Lipinski definition) is 1. The zero-order valence-corrected chi connectivity index (χ0v) is 8.22. The highest BCUT2D eigenvalue weighted by Crippen LogP contribution is 2.12. The highest BCUT2D eigenvalue weighted by atomic mass is 79.9. The highest BCUT2D eigenvalue weighted by Gasteiger charge is 1.94. The first-order valence-corrected chi connectivity index (χ1v) is 4.29. The maximum atomic E-state index is 4.26. The fourth-order valence-electron chi connectivity index (χ4n) is 0.897. The van der Waals surface area contributed by atoms with E-state index in [2.05, 4.69) is 27.0 Å². The molecule has 0 aromatic carbocycles. The van der Waals surface area contributed by atoms with Crippen LogP contribution in [-0.4, -0.2) is 4.98 Å². The van der Waals surface area contributed by atoms with Gasteiger partial charge in [0.05, 0.1) is 0 Å². The molecule has 1 nitrogen and oxygen atoms in total. The zero-order valence-electron chi connectivity index (χ0n) is 6.63. The van der Waals surface area contributed by atoms with E-state index in [4.69, 9.17) is 0 Å². The Morgan fingerprint density at radius 2 is 2.18 bits per heavy atom.